The Hall–Kier alpha value is -1.54. The largest absolute Gasteiger partial charge is 0.303 e. The monoisotopic (exact) mass is 211 g/mol. The fourth-order valence-electron chi connectivity index (χ4n) is 0.951. The second kappa shape index (κ2) is 3.68. The molecule has 0 bridgehead atoms. The minimum atomic E-state index is -3.29. The average molecular weight is 211 g/mol. The molecule has 0 atom stereocenters. The number of hydrogen-bond donors (Lipinski definition) is 0. The van der Waals surface area contributed by atoms with E-state index in [1.807, 2.05) is 0 Å². The molecule has 5 heteroatoms. The van der Waals surface area contributed by atoms with Crippen LogP contribution in [-0.4, -0.2) is 19.2 Å². The lowest BCUT2D eigenvalue weighted by Crippen LogP contribution is -2.19. The van der Waals surface area contributed by atoms with Crippen molar-refractivity contribution < 1.29 is 8.42 Å². The Morgan fingerprint density at radius 1 is 1.50 bits per heavy atom. The van der Waals surface area contributed by atoms with Crippen LogP contribution in [-0.2, 0) is 16.4 Å². The van der Waals surface area contributed by atoms with Crippen molar-refractivity contribution in [3.8, 4) is 12.3 Å². The van der Waals surface area contributed by atoms with Gasteiger partial charge in [-0.3, -0.25) is 4.79 Å². The number of terminal acetylenes is 1. The van der Waals surface area contributed by atoms with E-state index in [2.05, 4.69) is 5.92 Å². The molecule has 0 aliphatic rings. The zero-order valence-corrected chi connectivity index (χ0v) is 8.41. The zero-order chi connectivity index (χ0) is 10.8. The van der Waals surface area contributed by atoms with Crippen LogP contribution in [0.2, 0.25) is 0 Å². The molecule has 1 heterocycles. The molecule has 0 N–H and O–H groups in total. The van der Waals surface area contributed by atoms with E-state index in [9.17, 15) is 13.2 Å². The van der Waals surface area contributed by atoms with E-state index in [-0.39, 0.29) is 17.0 Å². The van der Waals surface area contributed by atoms with Crippen LogP contribution in [0, 0.1) is 12.3 Å². The van der Waals surface area contributed by atoms with Crippen molar-refractivity contribution in [2.45, 2.75) is 11.4 Å². The summed E-state index contributed by atoms with van der Waals surface area (Å²) < 4.78 is 23.4. The minimum absolute atomic E-state index is 0.0716. The summed E-state index contributed by atoms with van der Waals surface area (Å²) in [7, 11) is -3.29. The number of aromatic nitrogens is 1. The van der Waals surface area contributed by atoms with E-state index >= 15 is 0 Å². The van der Waals surface area contributed by atoms with Gasteiger partial charge in [0.15, 0.2) is 9.84 Å². The van der Waals surface area contributed by atoms with Crippen LogP contribution in [0.15, 0.2) is 28.0 Å². The summed E-state index contributed by atoms with van der Waals surface area (Å²) in [5.41, 5.74) is -0.310. The van der Waals surface area contributed by atoms with Crippen LogP contribution in [0.3, 0.4) is 0 Å². The highest BCUT2D eigenvalue weighted by Gasteiger charge is 2.07. The van der Waals surface area contributed by atoms with Crippen LogP contribution >= 0.6 is 0 Å². The summed E-state index contributed by atoms with van der Waals surface area (Å²) in [5.74, 6) is 2.27. The number of sulfone groups is 1. The van der Waals surface area contributed by atoms with Crippen molar-refractivity contribution >= 4 is 9.84 Å². The molecule has 0 saturated heterocycles. The molecule has 1 aromatic heterocycles. The van der Waals surface area contributed by atoms with E-state index in [1.54, 1.807) is 0 Å². The van der Waals surface area contributed by atoms with Gasteiger partial charge in [-0.2, -0.15) is 0 Å². The van der Waals surface area contributed by atoms with E-state index in [1.165, 1.54) is 22.9 Å². The van der Waals surface area contributed by atoms with Crippen molar-refractivity contribution in [3.63, 3.8) is 0 Å². The maximum atomic E-state index is 11.2. The standard InChI is InChI=1S/C9H9NO3S/c1-3-6-10-7-8(14(2,12)13)4-5-9(10)11/h1,4-5,7H,6H2,2H3. The summed E-state index contributed by atoms with van der Waals surface area (Å²) >= 11 is 0. The normalized spacial score (nSPS) is 10.9. The summed E-state index contributed by atoms with van der Waals surface area (Å²) in [5, 5.41) is 0. The van der Waals surface area contributed by atoms with Gasteiger partial charge in [0, 0.05) is 18.5 Å². The van der Waals surface area contributed by atoms with Crippen LogP contribution in [0.5, 0.6) is 0 Å². The molecule has 0 aromatic carbocycles. The van der Waals surface area contributed by atoms with Gasteiger partial charge in [-0.1, -0.05) is 5.92 Å². The first-order valence-corrected chi connectivity index (χ1v) is 5.68. The first kappa shape index (κ1) is 10.5. The lowest BCUT2D eigenvalue weighted by molar-refractivity contribution is 0.599. The molecule has 74 valence electrons. The number of hydrogen-bond acceptors (Lipinski definition) is 3. The average Bonchev–Trinajstić information content (AvgIpc) is 2.07. The molecule has 0 amide bonds. The molecule has 0 unspecified atom stereocenters. The van der Waals surface area contributed by atoms with Crippen LogP contribution in [0.4, 0.5) is 0 Å². The highest BCUT2D eigenvalue weighted by molar-refractivity contribution is 7.90. The summed E-state index contributed by atoms with van der Waals surface area (Å²) in [6.45, 7) is 0.0716. The highest BCUT2D eigenvalue weighted by Crippen LogP contribution is 2.04. The van der Waals surface area contributed by atoms with Crippen molar-refractivity contribution in [1.29, 1.82) is 0 Å². The molecule has 1 rings (SSSR count). The second-order valence-electron chi connectivity index (χ2n) is 2.81. The quantitative estimate of drug-likeness (QED) is 0.641. The lowest BCUT2D eigenvalue weighted by Gasteiger charge is -2.02. The predicted octanol–water partition coefficient (Wildman–Crippen LogP) is -0.115. The van der Waals surface area contributed by atoms with E-state index < -0.39 is 9.84 Å². The first-order chi connectivity index (χ1) is 6.45. The SMILES string of the molecule is C#CCn1cc(S(C)(=O)=O)ccc1=O. The van der Waals surface area contributed by atoms with Gasteiger partial charge in [0.1, 0.15) is 0 Å². The molecule has 0 radical (unpaired) electrons. The fourth-order valence-corrected chi connectivity index (χ4v) is 1.58. The number of nitrogens with zero attached hydrogens (tertiary/aromatic N) is 1. The van der Waals surface area contributed by atoms with Crippen LogP contribution in [0.25, 0.3) is 0 Å². The van der Waals surface area contributed by atoms with Crippen molar-refractivity contribution in [1.82, 2.24) is 4.57 Å². The van der Waals surface area contributed by atoms with Gasteiger partial charge in [0.25, 0.3) is 5.56 Å². The molecule has 0 spiro atoms. The van der Waals surface area contributed by atoms with Crippen LogP contribution < -0.4 is 5.56 Å². The van der Waals surface area contributed by atoms with Crippen molar-refractivity contribution in [3.05, 3.63) is 28.7 Å². The molecule has 0 aliphatic heterocycles. The van der Waals surface area contributed by atoms with Gasteiger partial charge in [-0.25, -0.2) is 8.42 Å². The predicted molar refractivity (Wildman–Crippen MR) is 52.6 cm³/mol. The Labute approximate surface area is 82.1 Å². The smallest absolute Gasteiger partial charge is 0.251 e. The van der Waals surface area contributed by atoms with Crippen molar-refractivity contribution in [2.75, 3.05) is 6.26 Å². The Bertz CT molecular complexity index is 534. The highest BCUT2D eigenvalue weighted by atomic mass is 32.2. The van der Waals surface area contributed by atoms with E-state index in [0.29, 0.717) is 0 Å². The number of rotatable bonds is 2. The third-order valence-corrected chi connectivity index (χ3v) is 2.74. The topological polar surface area (TPSA) is 56.1 Å². The minimum Gasteiger partial charge on any atom is -0.303 e. The van der Waals surface area contributed by atoms with Gasteiger partial charge < -0.3 is 4.57 Å². The molecule has 0 fully saturated rings. The Kier molecular flexibility index (Phi) is 2.77. The molecule has 1 aromatic rings. The zero-order valence-electron chi connectivity index (χ0n) is 7.60. The van der Waals surface area contributed by atoms with Gasteiger partial charge in [-0.15, -0.1) is 6.42 Å². The maximum Gasteiger partial charge on any atom is 0.251 e. The van der Waals surface area contributed by atoms with Gasteiger partial charge in [-0.05, 0) is 6.07 Å². The number of pyridine rings is 1. The van der Waals surface area contributed by atoms with E-state index in [4.69, 9.17) is 6.42 Å². The maximum absolute atomic E-state index is 11.2. The van der Waals surface area contributed by atoms with E-state index in [0.717, 1.165) is 6.26 Å². The first-order valence-electron chi connectivity index (χ1n) is 3.79. The third kappa shape index (κ3) is 2.24. The lowest BCUT2D eigenvalue weighted by atomic mass is 10.4. The molecular formula is C9H9NO3S. The van der Waals surface area contributed by atoms with Crippen LogP contribution in [0.1, 0.15) is 0 Å². The fraction of sp³-hybridized carbons (Fsp3) is 0.222. The second-order valence-corrected chi connectivity index (χ2v) is 4.82. The molecule has 4 nitrogen and oxygen atoms in total. The van der Waals surface area contributed by atoms with Crippen molar-refractivity contribution in [2.24, 2.45) is 0 Å². The molecule has 14 heavy (non-hydrogen) atoms. The molecular weight excluding hydrogens is 202 g/mol. The summed E-state index contributed by atoms with van der Waals surface area (Å²) in [6.07, 6.45) is 7.35. The Morgan fingerprint density at radius 2 is 2.14 bits per heavy atom. The Morgan fingerprint density at radius 3 is 2.64 bits per heavy atom. The van der Waals surface area contributed by atoms with Gasteiger partial charge >= 0.3 is 0 Å². The molecule has 0 saturated carbocycles. The Balaban J connectivity index is 3.36. The summed E-state index contributed by atoms with van der Waals surface area (Å²) in [4.78, 5) is 11.3. The summed E-state index contributed by atoms with van der Waals surface area (Å²) in [6, 6.07) is 2.46. The molecule has 0 aliphatic carbocycles. The van der Waals surface area contributed by atoms with Gasteiger partial charge in [0.2, 0.25) is 0 Å². The van der Waals surface area contributed by atoms with Gasteiger partial charge in [0.05, 0.1) is 11.4 Å². The third-order valence-electron chi connectivity index (χ3n) is 1.65.